The predicted molar refractivity (Wildman–Crippen MR) is 67.4 cm³/mol. The van der Waals surface area contributed by atoms with Crippen LogP contribution in [0.2, 0.25) is 0 Å². The number of ether oxygens (including phenoxy) is 2. The van der Waals surface area contributed by atoms with Gasteiger partial charge in [-0.1, -0.05) is 25.8 Å². The van der Waals surface area contributed by atoms with E-state index in [2.05, 4.69) is 24.5 Å². The molecule has 0 atom stereocenters. The Morgan fingerprint density at radius 2 is 1.53 bits per heavy atom. The van der Waals surface area contributed by atoms with Gasteiger partial charge in [0.25, 0.3) is 0 Å². The number of esters is 2. The first-order chi connectivity index (χ1) is 7.76. The molecule has 0 unspecified atom stereocenters. The van der Waals surface area contributed by atoms with Crippen molar-refractivity contribution in [1.82, 2.24) is 0 Å². The Balaban J connectivity index is 0. The maximum Gasteiger partial charge on any atom is 0.330 e. The highest BCUT2D eigenvalue weighted by atomic mass is 16.6. The molecule has 0 aliphatic heterocycles. The fraction of sp³-hybridized carbons (Fsp3) is 0.385. The first kappa shape index (κ1) is 17.6. The van der Waals surface area contributed by atoms with E-state index in [9.17, 15) is 9.59 Å². The lowest BCUT2D eigenvalue weighted by atomic mass is 10.2. The van der Waals surface area contributed by atoms with E-state index in [1.165, 1.54) is 6.08 Å². The molecular formula is C13H20O4. The lowest BCUT2D eigenvalue weighted by Crippen LogP contribution is -2.22. The highest BCUT2D eigenvalue weighted by Crippen LogP contribution is 2.06. The molecule has 0 spiro atoms. The van der Waals surface area contributed by atoms with Gasteiger partial charge in [0.2, 0.25) is 0 Å². The molecule has 0 aromatic heterocycles. The Morgan fingerprint density at radius 3 is 1.76 bits per heavy atom. The van der Waals surface area contributed by atoms with Crippen molar-refractivity contribution in [2.75, 3.05) is 6.61 Å². The van der Waals surface area contributed by atoms with Crippen LogP contribution >= 0.6 is 0 Å². The lowest BCUT2D eigenvalue weighted by molar-refractivity contribution is -0.148. The minimum Gasteiger partial charge on any atom is -0.458 e. The monoisotopic (exact) mass is 240 g/mol. The molecule has 0 aliphatic carbocycles. The van der Waals surface area contributed by atoms with Gasteiger partial charge in [0.05, 0.1) is 0 Å². The van der Waals surface area contributed by atoms with Gasteiger partial charge in [-0.05, 0) is 20.8 Å². The molecule has 4 nitrogen and oxygen atoms in total. The summed E-state index contributed by atoms with van der Waals surface area (Å²) in [6.45, 7) is 15.5. The third-order valence-electron chi connectivity index (χ3n) is 1.08. The molecule has 0 radical (unpaired) electrons. The molecule has 0 saturated carbocycles. The van der Waals surface area contributed by atoms with Crippen molar-refractivity contribution in [2.24, 2.45) is 0 Å². The van der Waals surface area contributed by atoms with Gasteiger partial charge >= 0.3 is 11.9 Å². The van der Waals surface area contributed by atoms with Crippen molar-refractivity contribution in [3.63, 3.8) is 0 Å². The van der Waals surface area contributed by atoms with Gasteiger partial charge in [0.15, 0.2) is 0 Å². The predicted octanol–water partition coefficient (Wildman–Crippen LogP) is 2.42. The van der Waals surface area contributed by atoms with Crippen LogP contribution in [0.5, 0.6) is 0 Å². The van der Waals surface area contributed by atoms with Gasteiger partial charge in [-0.3, -0.25) is 0 Å². The van der Waals surface area contributed by atoms with Crippen molar-refractivity contribution >= 4 is 11.9 Å². The lowest BCUT2D eigenvalue weighted by Gasteiger charge is -2.17. The van der Waals surface area contributed by atoms with Crippen LogP contribution in [-0.2, 0) is 19.1 Å². The zero-order chi connectivity index (χ0) is 13.9. The summed E-state index contributed by atoms with van der Waals surface area (Å²) in [6, 6.07) is 0. The minimum atomic E-state index is -0.412. The number of rotatable bonds is 4. The standard InChI is InChI=1S/C7H12O2.C6H8O2/c1-5-6(8)9-7(2,3)4;1-3-5-8-6(7)4-2/h5H,1H2,2-4H3;3-4H,1-2,5H2. The maximum atomic E-state index is 10.5. The summed E-state index contributed by atoms with van der Waals surface area (Å²) in [4.78, 5) is 20.7. The second-order valence-corrected chi connectivity index (χ2v) is 3.86. The molecule has 96 valence electrons. The van der Waals surface area contributed by atoms with Crippen LogP contribution < -0.4 is 0 Å². The van der Waals surface area contributed by atoms with Crippen LogP contribution in [0.1, 0.15) is 20.8 Å². The molecule has 0 saturated heterocycles. The summed E-state index contributed by atoms with van der Waals surface area (Å²) < 4.78 is 9.30. The number of hydrogen-bond acceptors (Lipinski definition) is 4. The molecule has 0 heterocycles. The Kier molecular flexibility index (Phi) is 9.70. The summed E-state index contributed by atoms with van der Waals surface area (Å²) in [6.07, 6.45) is 3.77. The molecule has 0 aromatic carbocycles. The molecule has 0 rings (SSSR count). The van der Waals surface area contributed by atoms with E-state index >= 15 is 0 Å². The van der Waals surface area contributed by atoms with Gasteiger partial charge in [-0.15, -0.1) is 0 Å². The topological polar surface area (TPSA) is 52.6 Å². The van der Waals surface area contributed by atoms with Crippen molar-refractivity contribution in [2.45, 2.75) is 26.4 Å². The molecule has 4 heteroatoms. The van der Waals surface area contributed by atoms with Gasteiger partial charge in [0.1, 0.15) is 12.2 Å². The molecule has 0 amide bonds. The molecule has 17 heavy (non-hydrogen) atoms. The molecule has 0 fully saturated rings. The summed E-state index contributed by atoms with van der Waals surface area (Å²) in [5, 5.41) is 0. The number of carbonyl (C=O) groups excluding carboxylic acids is 2. The molecule has 0 N–H and O–H groups in total. The molecular weight excluding hydrogens is 220 g/mol. The highest BCUT2D eigenvalue weighted by molar-refractivity contribution is 5.81. The molecule has 0 aromatic rings. The zero-order valence-electron chi connectivity index (χ0n) is 10.7. The SMILES string of the molecule is C=CC(=O)OC(C)(C)C.C=CCOC(=O)C=C. The van der Waals surface area contributed by atoms with E-state index < -0.39 is 11.6 Å². The average Bonchev–Trinajstić information content (AvgIpc) is 2.24. The Hall–Kier alpha value is -1.84. The summed E-state index contributed by atoms with van der Waals surface area (Å²) in [5.74, 6) is -0.785. The number of hydrogen-bond donors (Lipinski definition) is 0. The Bertz CT molecular complexity index is 284. The van der Waals surface area contributed by atoms with Crippen molar-refractivity contribution in [1.29, 1.82) is 0 Å². The van der Waals surface area contributed by atoms with Crippen LogP contribution in [0.15, 0.2) is 38.0 Å². The zero-order valence-corrected chi connectivity index (χ0v) is 10.7. The molecule has 0 bridgehead atoms. The number of carbonyl (C=O) groups is 2. The van der Waals surface area contributed by atoms with Crippen LogP contribution in [0.25, 0.3) is 0 Å². The highest BCUT2D eigenvalue weighted by Gasteiger charge is 2.12. The normalized spacial score (nSPS) is 9.12. The van der Waals surface area contributed by atoms with Crippen LogP contribution in [-0.4, -0.2) is 24.1 Å². The van der Waals surface area contributed by atoms with E-state index in [0.717, 1.165) is 12.2 Å². The quantitative estimate of drug-likeness (QED) is 0.430. The van der Waals surface area contributed by atoms with E-state index in [1.54, 1.807) is 0 Å². The summed E-state index contributed by atoms with van der Waals surface area (Å²) >= 11 is 0. The minimum absolute atomic E-state index is 0.255. The van der Waals surface area contributed by atoms with Crippen molar-refractivity contribution in [3.8, 4) is 0 Å². The van der Waals surface area contributed by atoms with Gasteiger partial charge < -0.3 is 9.47 Å². The van der Waals surface area contributed by atoms with Crippen molar-refractivity contribution in [3.05, 3.63) is 38.0 Å². The van der Waals surface area contributed by atoms with E-state index in [0.29, 0.717) is 0 Å². The van der Waals surface area contributed by atoms with Crippen molar-refractivity contribution < 1.29 is 19.1 Å². The van der Waals surface area contributed by atoms with E-state index in [-0.39, 0.29) is 12.6 Å². The maximum absolute atomic E-state index is 10.5. The fourth-order valence-corrected chi connectivity index (χ4v) is 0.543. The second kappa shape index (κ2) is 9.39. The second-order valence-electron chi connectivity index (χ2n) is 3.86. The van der Waals surface area contributed by atoms with Gasteiger partial charge in [0, 0.05) is 12.2 Å². The van der Waals surface area contributed by atoms with Crippen LogP contribution in [0, 0.1) is 0 Å². The summed E-state index contributed by atoms with van der Waals surface area (Å²) in [7, 11) is 0. The smallest absolute Gasteiger partial charge is 0.330 e. The van der Waals surface area contributed by atoms with E-state index in [4.69, 9.17) is 4.74 Å². The Morgan fingerprint density at radius 1 is 1.06 bits per heavy atom. The van der Waals surface area contributed by atoms with E-state index in [1.807, 2.05) is 20.8 Å². The average molecular weight is 240 g/mol. The Labute approximate surface area is 103 Å². The van der Waals surface area contributed by atoms with Gasteiger partial charge in [-0.2, -0.15) is 0 Å². The summed E-state index contributed by atoms with van der Waals surface area (Å²) in [5.41, 5.74) is -0.398. The first-order valence-electron chi connectivity index (χ1n) is 5.02. The van der Waals surface area contributed by atoms with Gasteiger partial charge in [-0.25, -0.2) is 9.59 Å². The van der Waals surface area contributed by atoms with Crippen LogP contribution in [0.4, 0.5) is 0 Å². The molecule has 0 aliphatic rings. The van der Waals surface area contributed by atoms with Crippen LogP contribution in [0.3, 0.4) is 0 Å². The third kappa shape index (κ3) is 16.8. The largest absolute Gasteiger partial charge is 0.458 e. The fourth-order valence-electron chi connectivity index (χ4n) is 0.543. The first-order valence-corrected chi connectivity index (χ1v) is 5.02. The third-order valence-corrected chi connectivity index (χ3v) is 1.08.